The molecule has 2 fully saturated rings. The highest BCUT2D eigenvalue weighted by atomic mass is 19.1. The highest BCUT2D eigenvalue weighted by Crippen LogP contribution is 2.26. The molecule has 2 aliphatic rings. The van der Waals surface area contributed by atoms with Crippen molar-refractivity contribution in [3.8, 4) is 11.5 Å². The van der Waals surface area contributed by atoms with Crippen LogP contribution in [0.3, 0.4) is 0 Å². The second-order valence-corrected chi connectivity index (χ2v) is 9.12. The molecule has 4 rings (SSSR count). The minimum atomic E-state index is -0.933. The Bertz CT molecular complexity index is 858. The summed E-state index contributed by atoms with van der Waals surface area (Å²) >= 11 is 0. The number of likely N-dealkylation sites (tertiary alicyclic amines) is 2. The Kier molecular flexibility index (Phi) is 8.00. The standard InChI is InChI=1S/C26H35FN2O3/c27-24-9-1-2-10-25(24)32-21-26(30)11-6-15-29(16-12-26)20-22-7-5-8-23(19-22)31-18-17-28-13-3-4-14-28/h1-2,5,7-10,19,30H,3-4,6,11-18,20-21H2. The number of hydrogen-bond donors (Lipinski definition) is 1. The summed E-state index contributed by atoms with van der Waals surface area (Å²) in [5.74, 6) is 0.726. The van der Waals surface area contributed by atoms with Crippen LogP contribution in [0.2, 0.25) is 0 Å². The molecule has 2 saturated heterocycles. The lowest BCUT2D eigenvalue weighted by molar-refractivity contribution is -0.0177. The van der Waals surface area contributed by atoms with Crippen molar-refractivity contribution in [1.29, 1.82) is 0 Å². The molecule has 1 atom stereocenters. The van der Waals surface area contributed by atoms with Gasteiger partial charge in [-0.3, -0.25) is 9.80 Å². The molecule has 32 heavy (non-hydrogen) atoms. The van der Waals surface area contributed by atoms with Gasteiger partial charge in [-0.05, 0) is 81.6 Å². The van der Waals surface area contributed by atoms with E-state index in [0.717, 1.165) is 45.0 Å². The molecule has 174 valence electrons. The first-order valence-corrected chi connectivity index (χ1v) is 11.9. The van der Waals surface area contributed by atoms with Crippen molar-refractivity contribution in [2.75, 3.05) is 45.9 Å². The normalized spacial score (nSPS) is 22.6. The first-order chi connectivity index (χ1) is 15.6. The van der Waals surface area contributed by atoms with Crippen molar-refractivity contribution in [2.45, 2.75) is 44.2 Å². The molecule has 2 aromatic rings. The number of aliphatic hydroxyl groups is 1. The zero-order valence-electron chi connectivity index (χ0n) is 18.8. The van der Waals surface area contributed by atoms with Gasteiger partial charge in [-0.1, -0.05) is 24.3 Å². The average Bonchev–Trinajstić information content (AvgIpc) is 3.24. The third-order valence-corrected chi connectivity index (χ3v) is 6.52. The van der Waals surface area contributed by atoms with E-state index >= 15 is 0 Å². The monoisotopic (exact) mass is 442 g/mol. The summed E-state index contributed by atoms with van der Waals surface area (Å²) in [5.41, 5.74) is 0.286. The molecule has 6 heteroatoms. The molecule has 2 heterocycles. The van der Waals surface area contributed by atoms with Gasteiger partial charge in [0.2, 0.25) is 0 Å². The summed E-state index contributed by atoms with van der Waals surface area (Å²) in [6.07, 6.45) is 4.74. The van der Waals surface area contributed by atoms with Crippen LogP contribution in [0, 0.1) is 5.82 Å². The van der Waals surface area contributed by atoms with E-state index in [2.05, 4.69) is 28.0 Å². The Hall–Kier alpha value is -2.15. The highest BCUT2D eigenvalue weighted by Gasteiger charge is 2.31. The van der Waals surface area contributed by atoms with E-state index in [1.165, 1.54) is 37.6 Å². The Morgan fingerprint density at radius 3 is 2.53 bits per heavy atom. The van der Waals surface area contributed by atoms with Crippen molar-refractivity contribution >= 4 is 0 Å². The fourth-order valence-corrected chi connectivity index (χ4v) is 4.60. The lowest BCUT2D eigenvalue weighted by atomic mass is 9.96. The summed E-state index contributed by atoms with van der Waals surface area (Å²) in [5, 5.41) is 11.0. The summed E-state index contributed by atoms with van der Waals surface area (Å²) in [6.45, 7) is 6.73. The predicted octanol–water partition coefficient (Wildman–Crippen LogP) is 4.10. The smallest absolute Gasteiger partial charge is 0.165 e. The topological polar surface area (TPSA) is 45.2 Å². The number of nitrogens with zero attached hydrogens (tertiary/aromatic N) is 2. The third kappa shape index (κ3) is 6.67. The van der Waals surface area contributed by atoms with E-state index in [9.17, 15) is 9.50 Å². The lowest BCUT2D eigenvalue weighted by Crippen LogP contribution is -2.37. The van der Waals surface area contributed by atoms with Crippen LogP contribution in [0.5, 0.6) is 11.5 Å². The van der Waals surface area contributed by atoms with Crippen molar-refractivity contribution in [3.63, 3.8) is 0 Å². The first-order valence-electron chi connectivity index (χ1n) is 11.9. The van der Waals surface area contributed by atoms with Gasteiger partial charge in [-0.15, -0.1) is 0 Å². The molecule has 0 amide bonds. The van der Waals surface area contributed by atoms with Gasteiger partial charge in [0.05, 0.1) is 5.60 Å². The van der Waals surface area contributed by atoms with Crippen LogP contribution < -0.4 is 9.47 Å². The SMILES string of the molecule is OC1(COc2ccccc2F)CCCN(Cc2cccc(OCCN3CCCC3)c2)CC1. The van der Waals surface area contributed by atoms with E-state index in [0.29, 0.717) is 12.8 Å². The van der Waals surface area contributed by atoms with Gasteiger partial charge in [0.25, 0.3) is 0 Å². The number of benzene rings is 2. The molecule has 2 aliphatic heterocycles. The fraction of sp³-hybridized carbons (Fsp3) is 0.538. The Morgan fingerprint density at radius 2 is 1.69 bits per heavy atom. The molecule has 0 bridgehead atoms. The molecule has 0 aromatic heterocycles. The Balaban J connectivity index is 1.25. The molecule has 0 saturated carbocycles. The highest BCUT2D eigenvalue weighted by molar-refractivity contribution is 5.28. The van der Waals surface area contributed by atoms with Crippen LogP contribution in [0.4, 0.5) is 4.39 Å². The molecule has 0 aliphatic carbocycles. The molecule has 1 unspecified atom stereocenters. The largest absolute Gasteiger partial charge is 0.492 e. The van der Waals surface area contributed by atoms with Gasteiger partial charge in [-0.2, -0.15) is 0 Å². The molecule has 2 aromatic carbocycles. The summed E-state index contributed by atoms with van der Waals surface area (Å²) in [6, 6.07) is 14.7. The second kappa shape index (κ2) is 11.1. The van der Waals surface area contributed by atoms with Crippen LogP contribution in [0.25, 0.3) is 0 Å². The first kappa shape index (κ1) is 23.0. The van der Waals surface area contributed by atoms with Crippen molar-refractivity contribution < 1.29 is 19.0 Å². The number of hydrogen-bond acceptors (Lipinski definition) is 5. The molecule has 0 spiro atoms. The van der Waals surface area contributed by atoms with Gasteiger partial charge in [0.1, 0.15) is 19.0 Å². The number of para-hydroxylation sites is 1. The molecular formula is C26H35FN2O3. The fourth-order valence-electron chi connectivity index (χ4n) is 4.60. The van der Waals surface area contributed by atoms with E-state index in [-0.39, 0.29) is 12.4 Å². The maximum absolute atomic E-state index is 13.8. The maximum atomic E-state index is 13.8. The van der Waals surface area contributed by atoms with Crippen molar-refractivity contribution in [2.24, 2.45) is 0 Å². The molecular weight excluding hydrogens is 407 g/mol. The lowest BCUT2D eigenvalue weighted by Gasteiger charge is -2.27. The summed E-state index contributed by atoms with van der Waals surface area (Å²) < 4.78 is 25.4. The van der Waals surface area contributed by atoms with Crippen LogP contribution in [0.1, 0.15) is 37.7 Å². The average molecular weight is 443 g/mol. The van der Waals surface area contributed by atoms with Crippen LogP contribution >= 0.6 is 0 Å². The zero-order valence-corrected chi connectivity index (χ0v) is 18.8. The van der Waals surface area contributed by atoms with Crippen LogP contribution in [0.15, 0.2) is 48.5 Å². The zero-order chi connectivity index (χ0) is 22.2. The van der Waals surface area contributed by atoms with E-state index in [4.69, 9.17) is 9.47 Å². The quantitative estimate of drug-likeness (QED) is 0.634. The van der Waals surface area contributed by atoms with Gasteiger partial charge in [0, 0.05) is 19.6 Å². The minimum absolute atomic E-state index is 0.113. The minimum Gasteiger partial charge on any atom is -0.492 e. The third-order valence-electron chi connectivity index (χ3n) is 6.52. The van der Waals surface area contributed by atoms with E-state index in [1.54, 1.807) is 18.2 Å². The van der Waals surface area contributed by atoms with E-state index in [1.807, 2.05) is 6.07 Å². The van der Waals surface area contributed by atoms with Gasteiger partial charge < -0.3 is 14.6 Å². The Morgan fingerprint density at radius 1 is 0.875 bits per heavy atom. The molecule has 0 radical (unpaired) electrons. The van der Waals surface area contributed by atoms with Gasteiger partial charge in [0.15, 0.2) is 11.6 Å². The van der Waals surface area contributed by atoms with E-state index < -0.39 is 11.4 Å². The number of rotatable bonds is 9. The van der Waals surface area contributed by atoms with Crippen LogP contribution in [-0.4, -0.2) is 66.4 Å². The molecule has 5 nitrogen and oxygen atoms in total. The maximum Gasteiger partial charge on any atom is 0.165 e. The second-order valence-electron chi connectivity index (χ2n) is 9.12. The molecule has 1 N–H and O–H groups in total. The Labute approximate surface area is 190 Å². The van der Waals surface area contributed by atoms with Crippen molar-refractivity contribution in [1.82, 2.24) is 9.80 Å². The van der Waals surface area contributed by atoms with Crippen molar-refractivity contribution in [3.05, 3.63) is 59.9 Å². The number of halogens is 1. The summed E-state index contributed by atoms with van der Waals surface area (Å²) in [7, 11) is 0. The summed E-state index contributed by atoms with van der Waals surface area (Å²) in [4.78, 5) is 4.82. The van der Waals surface area contributed by atoms with Gasteiger partial charge in [-0.25, -0.2) is 4.39 Å². The van der Waals surface area contributed by atoms with Crippen LogP contribution in [-0.2, 0) is 6.54 Å². The number of ether oxygens (including phenoxy) is 2. The van der Waals surface area contributed by atoms with Gasteiger partial charge >= 0.3 is 0 Å². The predicted molar refractivity (Wildman–Crippen MR) is 124 cm³/mol.